The third-order valence-electron chi connectivity index (χ3n) is 3.51. The first kappa shape index (κ1) is 13.8. The van der Waals surface area contributed by atoms with Gasteiger partial charge in [0.05, 0.1) is 15.9 Å². The smallest absolute Gasteiger partial charge is 0.238 e. The van der Waals surface area contributed by atoms with Crippen LogP contribution in [-0.2, 0) is 10.0 Å². The first-order chi connectivity index (χ1) is 9.95. The van der Waals surface area contributed by atoms with E-state index in [2.05, 4.69) is 9.97 Å². The number of nitrogens with one attached hydrogen (secondary N) is 1. The predicted molar refractivity (Wildman–Crippen MR) is 81.4 cm³/mol. The van der Waals surface area contributed by atoms with Crippen LogP contribution in [0.3, 0.4) is 0 Å². The van der Waals surface area contributed by atoms with Crippen molar-refractivity contribution in [3.63, 3.8) is 0 Å². The molecule has 5 nitrogen and oxygen atoms in total. The molecule has 3 N–H and O–H groups in total. The number of sulfonamides is 1. The summed E-state index contributed by atoms with van der Waals surface area (Å²) in [6.45, 7) is 2.05. The van der Waals surface area contributed by atoms with Gasteiger partial charge in [-0.2, -0.15) is 0 Å². The van der Waals surface area contributed by atoms with Crippen molar-refractivity contribution >= 4 is 21.1 Å². The number of hydrogen-bond donors (Lipinski definition) is 2. The lowest BCUT2D eigenvalue weighted by Gasteiger charge is -2.07. The first-order valence-electron chi connectivity index (χ1n) is 6.52. The molecule has 1 atom stereocenters. The summed E-state index contributed by atoms with van der Waals surface area (Å²) in [6.07, 6.45) is 0. The molecule has 2 aromatic carbocycles. The van der Waals surface area contributed by atoms with Gasteiger partial charge in [0.1, 0.15) is 5.82 Å². The molecule has 0 saturated heterocycles. The Bertz CT molecular complexity index is 886. The number of nitrogens with two attached hydrogens (primary N) is 1. The summed E-state index contributed by atoms with van der Waals surface area (Å²) < 4.78 is 22.8. The molecule has 0 aliphatic rings. The van der Waals surface area contributed by atoms with Crippen molar-refractivity contribution in [2.45, 2.75) is 17.7 Å². The van der Waals surface area contributed by atoms with E-state index in [1.807, 2.05) is 37.3 Å². The molecule has 21 heavy (non-hydrogen) atoms. The van der Waals surface area contributed by atoms with Crippen molar-refractivity contribution in [3.8, 4) is 0 Å². The molecule has 0 saturated carbocycles. The summed E-state index contributed by atoms with van der Waals surface area (Å²) >= 11 is 0. The van der Waals surface area contributed by atoms with Gasteiger partial charge in [0.2, 0.25) is 10.0 Å². The minimum Gasteiger partial charge on any atom is -0.341 e. The highest BCUT2D eigenvalue weighted by molar-refractivity contribution is 7.89. The van der Waals surface area contributed by atoms with E-state index in [4.69, 9.17) is 5.14 Å². The highest BCUT2D eigenvalue weighted by atomic mass is 32.2. The van der Waals surface area contributed by atoms with E-state index in [0.717, 1.165) is 16.9 Å². The van der Waals surface area contributed by atoms with Crippen LogP contribution in [0.5, 0.6) is 0 Å². The van der Waals surface area contributed by atoms with Crippen LogP contribution in [0.4, 0.5) is 0 Å². The maximum Gasteiger partial charge on any atom is 0.238 e. The third-order valence-corrected chi connectivity index (χ3v) is 4.42. The van der Waals surface area contributed by atoms with Gasteiger partial charge in [-0.1, -0.05) is 37.3 Å². The molecule has 1 heterocycles. The molecule has 6 heteroatoms. The molecule has 0 fully saturated rings. The number of aromatic nitrogens is 2. The Morgan fingerprint density at radius 3 is 2.52 bits per heavy atom. The zero-order chi connectivity index (χ0) is 15.0. The van der Waals surface area contributed by atoms with Crippen molar-refractivity contribution < 1.29 is 8.42 Å². The molecule has 3 aromatic rings. The molecule has 0 bridgehead atoms. The maximum atomic E-state index is 11.4. The van der Waals surface area contributed by atoms with Gasteiger partial charge in [-0.05, 0) is 23.8 Å². The van der Waals surface area contributed by atoms with Crippen LogP contribution >= 0.6 is 0 Å². The normalized spacial score (nSPS) is 13.4. The third kappa shape index (κ3) is 2.68. The van der Waals surface area contributed by atoms with Crippen molar-refractivity contribution in [1.82, 2.24) is 9.97 Å². The fraction of sp³-hybridized carbons (Fsp3) is 0.133. The van der Waals surface area contributed by atoms with Gasteiger partial charge in [-0.3, -0.25) is 0 Å². The molecule has 0 amide bonds. The van der Waals surface area contributed by atoms with E-state index in [-0.39, 0.29) is 10.8 Å². The Hall–Kier alpha value is -2.18. The lowest BCUT2D eigenvalue weighted by Crippen LogP contribution is -2.11. The number of H-pyrrole nitrogens is 1. The van der Waals surface area contributed by atoms with Crippen LogP contribution in [0.25, 0.3) is 11.0 Å². The molecule has 1 aromatic heterocycles. The van der Waals surface area contributed by atoms with Crippen LogP contribution in [0, 0.1) is 0 Å². The van der Waals surface area contributed by atoms with Crippen LogP contribution in [-0.4, -0.2) is 18.4 Å². The van der Waals surface area contributed by atoms with Gasteiger partial charge in [0.15, 0.2) is 0 Å². The molecule has 108 valence electrons. The van der Waals surface area contributed by atoms with Gasteiger partial charge in [-0.25, -0.2) is 18.5 Å². The number of benzene rings is 2. The SMILES string of the molecule is CC(c1ccccc1)c1nc2ccc(S(N)(=O)=O)cc2[nH]1. The van der Waals surface area contributed by atoms with Crippen LogP contribution in [0.15, 0.2) is 53.4 Å². The summed E-state index contributed by atoms with van der Waals surface area (Å²) in [5.74, 6) is 0.888. The summed E-state index contributed by atoms with van der Waals surface area (Å²) in [4.78, 5) is 7.78. The molecular weight excluding hydrogens is 286 g/mol. The average Bonchev–Trinajstić information content (AvgIpc) is 2.89. The minimum atomic E-state index is -3.71. The zero-order valence-corrected chi connectivity index (χ0v) is 12.3. The monoisotopic (exact) mass is 301 g/mol. The van der Waals surface area contributed by atoms with E-state index < -0.39 is 10.0 Å². The summed E-state index contributed by atoms with van der Waals surface area (Å²) in [6, 6.07) is 14.6. The molecule has 0 aliphatic heterocycles. The van der Waals surface area contributed by atoms with Gasteiger partial charge in [-0.15, -0.1) is 0 Å². The highest BCUT2D eigenvalue weighted by Crippen LogP contribution is 2.24. The molecule has 3 rings (SSSR count). The van der Waals surface area contributed by atoms with Crippen LogP contribution in [0.1, 0.15) is 24.2 Å². The summed E-state index contributed by atoms with van der Waals surface area (Å²) in [7, 11) is -3.71. The molecule has 1 unspecified atom stereocenters. The quantitative estimate of drug-likeness (QED) is 0.778. The molecule has 0 spiro atoms. The molecule has 0 aliphatic carbocycles. The number of aromatic amines is 1. The van der Waals surface area contributed by atoms with Crippen molar-refractivity contribution in [2.24, 2.45) is 5.14 Å². The van der Waals surface area contributed by atoms with Gasteiger partial charge >= 0.3 is 0 Å². The Kier molecular flexibility index (Phi) is 3.27. The number of fused-ring (bicyclic) bond motifs is 1. The average molecular weight is 301 g/mol. The van der Waals surface area contributed by atoms with Crippen LogP contribution < -0.4 is 5.14 Å². The van der Waals surface area contributed by atoms with E-state index in [1.165, 1.54) is 12.1 Å². The van der Waals surface area contributed by atoms with Gasteiger partial charge < -0.3 is 4.98 Å². The Morgan fingerprint density at radius 1 is 1.14 bits per heavy atom. The Balaban J connectivity index is 2.06. The lowest BCUT2D eigenvalue weighted by atomic mass is 10.0. The van der Waals surface area contributed by atoms with E-state index in [9.17, 15) is 8.42 Å². The number of rotatable bonds is 3. The second-order valence-corrected chi connectivity index (χ2v) is 6.54. The summed E-state index contributed by atoms with van der Waals surface area (Å²) in [5, 5.41) is 5.14. The highest BCUT2D eigenvalue weighted by Gasteiger charge is 2.15. The number of imidazole rings is 1. The van der Waals surface area contributed by atoms with Crippen LogP contribution in [0.2, 0.25) is 0 Å². The topological polar surface area (TPSA) is 88.8 Å². The fourth-order valence-corrected chi connectivity index (χ4v) is 2.83. The predicted octanol–water partition coefficient (Wildman–Crippen LogP) is 2.36. The zero-order valence-electron chi connectivity index (χ0n) is 11.4. The largest absolute Gasteiger partial charge is 0.341 e. The number of hydrogen-bond acceptors (Lipinski definition) is 3. The van der Waals surface area contributed by atoms with Crippen molar-refractivity contribution in [1.29, 1.82) is 0 Å². The maximum absolute atomic E-state index is 11.4. The van der Waals surface area contributed by atoms with Crippen molar-refractivity contribution in [2.75, 3.05) is 0 Å². The molecule has 0 radical (unpaired) electrons. The van der Waals surface area contributed by atoms with Gasteiger partial charge in [0.25, 0.3) is 0 Å². The summed E-state index contributed by atoms with van der Waals surface area (Å²) in [5.41, 5.74) is 2.53. The minimum absolute atomic E-state index is 0.0811. The number of primary sulfonamides is 1. The van der Waals surface area contributed by atoms with E-state index in [1.54, 1.807) is 6.07 Å². The lowest BCUT2D eigenvalue weighted by molar-refractivity contribution is 0.598. The number of nitrogens with zero attached hydrogens (tertiary/aromatic N) is 1. The van der Waals surface area contributed by atoms with E-state index >= 15 is 0 Å². The second-order valence-electron chi connectivity index (χ2n) is 4.98. The first-order valence-corrected chi connectivity index (χ1v) is 8.07. The standard InChI is InChI=1S/C15H15N3O2S/c1-10(11-5-3-2-4-6-11)15-17-13-8-7-12(21(16,19)20)9-14(13)18-15/h2-10H,1H3,(H,17,18)(H2,16,19,20). The molecular formula is C15H15N3O2S. The van der Waals surface area contributed by atoms with E-state index in [0.29, 0.717) is 5.52 Å². The van der Waals surface area contributed by atoms with Crippen molar-refractivity contribution in [3.05, 3.63) is 59.9 Å². The second kappa shape index (κ2) is 4.98. The Morgan fingerprint density at radius 2 is 1.86 bits per heavy atom. The Labute approximate surface area is 122 Å². The van der Waals surface area contributed by atoms with Gasteiger partial charge in [0, 0.05) is 5.92 Å². The fourth-order valence-electron chi connectivity index (χ4n) is 2.29.